The topological polar surface area (TPSA) is 19.4 Å². The van der Waals surface area contributed by atoms with E-state index in [1.807, 2.05) is 6.20 Å². The normalized spacial score (nSPS) is 15.5. The van der Waals surface area contributed by atoms with Gasteiger partial charge in [0.05, 0.1) is 17.1 Å². The molecule has 0 spiro atoms. The molecule has 6 aromatic rings. The van der Waals surface area contributed by atoms with Crippen LogP contribution in [-0.4, -0.2) is 4.98 Å². The maximum atomic E-state index is 4.96. The summed E-state index contributed by atoms with van der Waals surface area (Å²) < 4.78 is 0. The number of rotatable bonds is 3. The number of anilines is 6. The van der Waals surface area contributed by atoms with Crippen molar-refractivity contribution in [3.63, 3.8) is 0 Å². The van der Waals surface area contributed by atoms with Gasteiger partial charge in [-0.25, -0.2) is 4.98 Å². The molecule has 0 atom stereocenters. The molecule has 0 saturated carbocycles. The Balaban J connectivity index is 1.40. The minimum absolute atomic E-state index is 0.0872. The van der Waals surface area contributed by atoms with E-state index in [9.17, 15) is 0 Å². The predicted octanol–water partition coefficient (Wildman–Crippen LogP) is 10.5. The van der Waals surface area contributed by atoms with Gasteiger partial charge in [-0.15, -0.1) is 0 Å². The van der Waals surface area contributed by atoms with Gasteiger partial charge in [-0.2, -0.15) is 0 Å². The maximum absolute atomic E-state index is 4.96. The monoisotopic (exact) mass is 543 g/mol. The lowest BCUT2D eigenvalue weighted by Crippen LogP contribution is -2.38. The van der Waals surface area contributed by atoms with E-state index in [1.54, 1.807) is 0 Å². The predicted molar refractivity (Wildman–Crippen MR) is 175 cm³/mol. The third-order valence-electron chi connectivity index (χ3n) is 9.46. The molecule has 0 saturated heterocycles. The highest BCUT2D eigenvalue weighted by atomic mass is 15.2. The molecule has 8 rings (SSSR count). The van der Waals surface area contributed by atoms with Crippen molar-refractivity contribution in [3.8, 4) is 0 Å². The number of hydrogen-bond acceptors (Lipinski definition) is 3. The molecule has 3 nitrogen and oxygen atoms in total. The van der Waals surface area contributed by atoms with Crippen molar-refractivity contribution in [2.45, 2.75) is 38.5 Å². The van der Waals surface area contributed by atoms with Crippen LogP contribution in [0.25, 0.3) is 10.8 Å². The largest absolute Gasteiger partial charge is 0.309 e. The fourth-order valence-corrected chi connectivity index (χ4v) is 7.26. The molecule has 2 aliphatic heterocycles. The maximum Gasteiger partial charge on any atom is 0.145 e. The van der Waals surface area contributed by atoms with Crippen molar-refractivity contribution in [3.05, 3.63) is 150 Å². The smallest absolute Gasteiger partial charge is 0.145 e. The van der Waals surface area contributed by atoms with Crippen LogP contribution in [0.15, 0.2) is 128 Å². The highest BCUT2D eigenvalue weighted by Gasteiger charge is 2.45. The van der Waals surface area contributed by atoms with E-state index in [4.69, 9.17) is 4.98 Å². The first-order valence-electron chi connectivity index (χ1n) is 14.7. The molecule has 204 valence electrons. The lowest BCUT2D eigenvalue weighted by atomic mass is 9.66. The minimum Gasteiger partial charge on any atom is -0.309 e. The highest BCUT2D eigenvalue weighted by molar-refractivity contribution is 5.98. The average Bonchev–Trinajstić information content (AvgIpc) is 3.02. The van der Waals surface area contributed by atoms with E-state index in [-0.39, 0.29) is 10.8 Å². The zero-order valence-electron chi connectivity index (χ0n) is 24.5. The second-order valence-electron chi connectivity index (χ2n) is 12.5. The number of aromatic nitrogens is 1. The summed E-state index contributed by atoms with van der Waals surface area (Å²) in [4.78, 5) is 9.77. The van der Waals surface area contributed by atoms with Crippen LogP contribution in [0.2, 0.25) is 0 Å². The molecule has 0 amide bonds. The van der Waals surface area contributed by atoms with Gasteiger partial charge < -0.3 is 4.90 Å². The quantitative estimate of drug-likeness (QED) is 0.221. The van der Waals surface area contributed by atoms with Gasteiger partial charge >= 0.3 is 0 Å². The van der Waals surface area contributed by atoms with Gasteiger partial charge in [-0.3, -0.25) is 4.90 Å². The van der Waals surface area contributed by atoms with Crippen LogP contribution in [-0.2, 0) is 10.8 Å². The van der Waals surface area contributed by atoms with Gasteiger partial charge in [-0.05, 0) is 70.1 Å². The van der Waals surface area contributed by atoms with E-state index in [1.165, 1.54) is 44.7 Å². The molecule has 3 heterocycles. The summed E-state index contributed by atoms with van der Waals surface area (Å²) in [6.07, 6.45) is 1.92. The van der Waals surface area contributed by atoms with Crippen LogP contribution in [0.4, 0.5) is 34.3 Å². The van der Waals surface area contributed by atoms with E-state index in [0.717, 1.165) is 22.6 Å². The molecule has 42 heavy (non-hydrogen) atoms. The molecular formula is C39H33N3. The van der Waals surface area contributed by atoms with Crippen molar-refractivity contribution in [2.75, 3.05) is 9.80 Å². The van der Waals surface area contributed by atoms with Gasteiger partial charge in [0.1, 0.15) is 5.82 Å². The fourth-order valence-electron chi connectivity index (χ4n) is 7.26. The SMILES string of the molecule is CC1(C)c2ccccc2N2c3ccc(N(c4ccccc4)c4nccc5ccccc45)cc3C(C)(C)c3cccc1c32. The van der Waals surface area contributed by atoms with Crippen LogP contribution in [0, 0.1) is 0 Å². The van der Waals surface area contributed by atoms with Crippen LogP contribution in [0.5, 0.6) is 0 Å². The number of fused-ring (bicyclic) bond motifs is 5. The molecule has 0 radical (unpaired) electrons. The van der Waals surface area contributed by atoms with Crippen molar-refractivity contribution >= 4 is 45.0 Å². The van der Waals surface area contributed by atoms with Gasteiger partial charge in [0.2, 0.25) is 0 Å². The summed E-state index contributed by atoms with van der Waals surface area (Å²) in [5.41, 5.74) is 11.1. The minimum atomic E-state index is -0.204. The first-order valence-corrected chi connectivity index (χ1v) is 14.7. The summed E-state index contributed by atoms with van der Waals surface area (Å²) in [6, 6.07) is 44.0. The van der Waals surface area contributed by atoms with Gasteiger partial charge in [0.15, 0.2) is 0 Å². The Morgan fingerprint density at radius 3 is 2.00 bits per heavy atom. The Morgan fingerprint density at radius 1 is 0.548 bits per heavy atom. The zero-order chi connectivity index (χ0) is 28.6. The second kappa shape index (κ2) is 8.80. The Hall–Kier alpha value is -4.89. The van der Waals surface area contributed by atoms with Crippen LogP contribution in [0.3, 0.4) is 0 Å². The van der Waals surface area contributed by atoms with Crippen molar-refractivity contribution < 1.29 is 0 Å². The number of pyridine rings is 1. The number of para-hydroxylation sites is 3. The summed E-state index contributed by atoms with van der Waals surface area (Å²) in [5.74, 6) is 0.931. The van der Waals surface area contributed by atoms with Gasteiger partial charge in [0, 0.05) is 33.8 Å². The summed E-state index contributed by atoms with van der Waals surface area (Å²) >= 11 is 0. The van der Waals surface area contributed by atoms with Crippen LogP contribution in [0.1, 0.15) is 49.9 Å². The molecule has 0 bridgehead atoms. The standard InChI is InChI=1S/C39H33N3/c1-38(2)30-17-10-11-20-34(30)42-35-22-21-28(25-33(35)39(3,4)32-19-12-18-31(38)36(32)42)41(27-14-6-5-7-15-27)37-29-16-9-8-13-26(29)23-24-40-37/h5-25H,1-4H3. The highest BCUT2D eigenvalue weighted by Crippen LogP contribution is 2.60. The Morgan fingerprint density at radius 2 is 1.19 bits per heavy atom. The molecule has 5 aromatic carbocycles. The van der Waals surface area contributed by atoms with E-state index in [2.05, 4.69) is 159 Å². The number of hydrogen-bond donors (Lipinski definition) is 0. The molecule has 3 heteroatoms. The Labute approximate surface area is 247 Å². The Bertz CT molecular complexity index is 2000. The van der Waals surface area contributed by atoms with Crippen molar-refractivity contribution in [2.24, 2.45) is 0 Å². The van der Waals surface area contributed by atoms with Crippen molar-refractivity contribution in [1.29, 1.82) is 0 Å². The van der Waals surface area contributed by atoms with E-state index < -0.39 is 0 Å². The molecule has 0 unspecified atom stereocenters. The third kappa shape index (κ3) is 3.37. The third-order valence-corrected chi connectivity index (χ3v) is 9.46. The summed E-state index contributed by atoms with van der Waals surface area (Å²) in [7, 11) is 0. The Kier molecular flexibility index (Phi) is 5.21. The van der Waals surface area contributed by atoms with Gasteiger partial charge in [0.25, 0.3) is 0 Å². The number of nitrogens with zero attached hydrogens (tertiary/aromatic N) is 3. The van der Waals surface area contributed by atoms with Crippen molar-refractivity contribution in [1.82, 2.24) is 4.98 Å². The first-order chi connectivity index (χ1) is 20.4. The molecule has 0 aliphatic carbocycles. The van der Waals surface area contributed by atoms with E-state index in [0.29, 0.717) is 0 Å². The zero-order valence-corrected chi connectivity index (χ0v) is 24.5. The van der Waals surface area contributed by atoms with Crippen LogP contribution < -0.4 is 9.80 Å². The molecular weight excluding hydrogens is 510 g/mol. The van der Waals surface area contributed by atoms with E-state index >= 15 is 0 Å². The second-order valence-corrected chi connectivity index (χ2v) is 12.5. The number of benzene rings is 5. The molecule has 2 aliphatic rings. The summed E-state index contributed by atoms with van der Waals surface area (Å²) in [6.45, 7) is 9.47. The van der Waals surface area contributed by atoms with Gasteiger partial charge in [-0.1, -0.05) is 107 Å². The first kappa shape index (κ1) is 24.9. The fraction of sp³-hybridized carbons (Fsp3) is 0.154. The average molecular weight is 544 g/mol. The molecule has 0 N–H and O–H groups in total. The van der Waals surface area contributed by atoms with Crippen LogP contribution >= 0.6 is 0 Å². The summed E-state index contributed by atoms with van der Waals surface area (Å²) in [5, 5.41) is 2.30. The molecule has 0 fully saturated rings. The lowest BCUT2D eigenvalue weighted by molar-refractivity contribution is 0.597. The molecule has 1 aromatic heterocycles. The lowest BCUT2D eigenvalue weighted by Gasteiger charge is -2.49.